The zero-order valence-electron chi connectivity index (χ0n) is 13.6. The molecule has 1 aromatic heterocycles. The van der Waals surface area contributed by atoms with Crippen molar-refractivity contribution in [2.45, 2.75) is 39.3 Å². The Labute approximate surface area is 126 Å². The summed E-state index contributed by atoms with van der Waals surface area (Å²) in [6.45, 7) is 8.50. The highest BCUT2D eigenvalue weighted by atomic mass is 16.5. The summed E-state index contributed by atoms with van der Waals surface area (Å²) in [5.74, 6) is 1.39. The van der Waals surface area contributed by atoms with Crippen LogP contribution in [0, 0.1) is 5.41 Å². The molecule has 0 radical (unpaired) electrons. The van der Waals surface area contributed by atoms with E-state index in [0.29, 0.717) is 18.0 Å². The molecule has 0 spiro atoms. The van der Waals surface area contributed by atoms with Gasteiger partial charge in [0.1, 0.15) is 5.69 Å². The molecule has 0 aliphatic carbocycles. The van der Waals surface area contributed by atoms with Crippen LogP contribution < -0.4 is 9.47 Å². The van der Waals surface area contributed by atoms with Gasteiger partial charge in [0.25, 0.3) is 0 Å². The third kappa shape index (κ3) is 3.14. The van der Waals surface area contributed by atoms with Crippen LogP contribution in [0.2, 0.25) is 0 Å². The molecular weight excluding hydrogens is 268 g/mol. The largest absolute Gasteiger partial charge is 0.493 e. The molecule has 2 heterocycles. The predicted octanol–water partition coefficient (Wildman–Crippen LogP) is 2.08. The topological polar surface area (TPSA) is 54.8 Å². The monoisotopic (exact) mass is 294 g/mol. The number of rotatable bonds is 4. The van der Waals surface area contributed by atoms with E-state index in [-0.39, 0.29) is 5.41 Å². The van der Waals surface area contributed by atoms with Gasteiger partial charge in [-0.2, -0.15) is 0 Å². The lowest BCUT2D eigenvalue weighted by Gasteiger charge is -2.48. The highest BCUT2D eigenvalue weighted by Gasteiger charge is 2.44. The first-order chi connectivity index (χ1) is 9.80. The second-order valence-corrected chi connectivity index (χ2v) is 6.61. The highest BCUT2D eigenvalue weighted by Crippen LogP contribution is 2.39. The summed E-state index contributed by atoms with van der Waals surface area (Å²) in [7, 11) is 3.26. The number of aliphatic hydroxyl groups is 1. The van der Waals surface area contributed by atoms with E-state index < -0.39 is 5.60 Å². The molecule has 1 fully saturated rings. The lowest BCUT2D eigenvalue weighted by molar-refractivity contribution is -0.107. The Morgan fingerprint density at radius 3 is 2.57 bits per heavy atom. The molecule has 1 atom stereocenters. The van der Waals surface area contributed by atoms with Gasteiger partial charge >= 0.3 is 0 Å². The first kappa shape index (κ1) is 16.0. The minimum absolute atomic E-state index is 0.155. The Morgan fingerprint density at radius 2 is 2.00 bits per heavy atom. The Balaban J connectivity index is 2.17. The van der Waals surface area contributed by atoms with Crippen molar-refractivity contribution in [2.75, 3.05) is 27.3 Å². The van der Waals surface area contributed by atoms with E-state index in [1.807, 2.05) is 6.92 Å². The standard InChI is InChI=1S/C16H26N2O3/c1-15(2)11-18(9-7-16(15,3)19)10-12-14(21-5)13(20-4)6-8-17-12/h6,8,19H,7,9-11H2,1-5H3/t16-/m0/s1. The molecule has 0 unspecified atom stereocenters. The minimum atomic E-state index is -0.630. The van der Waals surface area contributed by atoms with Gasteiger partial charge in [-0.1, -0.05) is 13.8 Å². The van der Waals surface area contributed by atoms with Crippen LogP contribution in [0.1, 0.15) is 32.9 Å². The zero-order valence-corrected chi connectivity index (χ0v) is 13.6. The molecule has 1 aliphatic rings. The number of pyridine rings is 1. The lowest BCUT2D eigenvalue weighted by Crippen LogP contribution is -2.55. The van der Waals surface area contributed by atoms with E-state index in [0.717, 1.165) is 25.2 Å². The second-order valence-electron chi connectivity index (χ2n) is 6.61. The van der Waals surface area contributed by atoms with Crippen LogP contribution >= 0.6 is 0 Å². The maximum atomic E-state index is 10.5. The van der Waals surface area contributed by atoms with Crippen molar-refractivity contribution in [2.24, 2.45) is 5.41 Å². The van der Waals surface area contributed by atoms with Crippen molar-refractivity contribution >= 4 is 0 Å². The van der Waals surface area contributed by atoms with Crippen molar-refractivity contribution in [3.05, 3.63) is 18.0 Å². The smallest absolute Gasteiger partial charge is 0.183 e. The van der Waals surface area contributed by atoms with Crippen molar-refractivity contribution < 1.29 is 14.6 Å². The van der Waals surface area contributed by atoms with Crippen LogP contribution in [-0.4, -0.2) is 47.9 Å². The summed E-state index contributed by atoms with van der Waals surface area (Å²) in [5, 5.41) is 10.5. The van der Waals surface area contributed by atoms with E-state index >= 15 is 0 Å². The van der Waals surface area contributed by atoms with E-state index in [9.17, 15) is 5.11 Å². The number of nitrogens with zero attached hydrogens (tertiary/aromatic N) is 2. The van der Waals surface area contributed by atoms with Gasteiger partial charge in [-0.05, 0) is 13.3 Å². The van der Waals surface area contributed by atoms with Gasteiger partial charge in [-0.3, -0.25) is 9.88 Å². The quantitative estimate of drug-likeness (QED) is 0.921. The van der Waals surface area contributed by atoms with E-state index in [1.54, 1.807) is 26.5 Å². The fourth-order valence-corrected chi connectivity index (χ4v) is 2.83. The molecule has 0 aromatic carbocycles. The number of aromatic nitrogens is 1. The molecule has 1 aliphatic heterocycles. The number of ether oxygens (including phenoxy) is 2. The molecule has 1 N–H and O–H groups in total. The van der Waals surface area contributed by atoms with Gasteiger partial charge < -0.3 is 14.6 Å². The Morgan fingerprint density at radius 1 is 1.29 bits per heavy atom. The number of methoxy groups -OCH3 is 2. The molecule has 0 saturated carbocycles. The maximum absolute atomic E-state index is 10.5. The van der Waals surface area contributed by atoms with Crippen LogP contribution in [0.15, 0.2) is 12.3 Å². The van der Waals surface area contributed by atoms with Crippen LogP contribution in [0.25, 0.3) is 0 Å². The Hall–Kier alpha value is -1.33. The van der Waals surface area contributed by atoms with E-state index in [4.69, 9.17) is 9.47 Å². The molecule has 0 amide bonds. The summed E-state index contributed by atoms with van der Waals surface area (Å²) in [6, 6.07) is 1.80. The Bertz CT molecular complexity index is 500. The summed E-state index contributed by atoms with van der Waals surface area (Å²) >= 11 is 0. The fraction of sp³-hybridized carbons (Fsp3) is 0.688. The summed E-state index contributed by atoms with van der Waals surface area (Å²) in [5.41, 5.74) is 0.0846. The summed E-state index contributed by atoms with van der Waals surface area (Å²) < 4.78 is 10.8. The normalized spacial score (nSPS) is 25.6. The van der Waals surface area contributed by atoms with Gasteiger partial charge in [-0.15, -0.1) is 0 Å². The summed E-state index contributed by atoms with van der Waals surface area (Å²) in [6.07, 6.45) is 2.49. The van der Waals surface area contributed by atoms with E-state index in [2.05, 4.69) is 23.7 Å². The molecule has 5 heteroatoms. The molecule has 118 valence electrons. The van der Waals surface area contributed by atoms with Gasteiger partial charge in [-0.25, -0.2) is 0 Å². The molecular formula is C16H26N2O3. The van der Waals surface area contributed by atoms with Crippen molar-refractivity contribution in [1.82, 2.24) is 9.88 Å². The van der Waals surface area contributed by atoms with E-state index in [1.165, 1.54) is 0 Å². The zero-order chi connectivity index (χ0) is 15.7. The molecule has 2 rings (SSSR count). The van der Waals surface area contributed by atoms with Crippen molar-refractivity contribution in [1.29, 1.82) is 0 Å². The lowest BCUT2D eigenvalue weighted by atomic mass is 9.71. The van der Waals surface area contributed by atoms with Crippen molar-refractivity contribution in [3.8, 4) is 11.5 Å². The van der Waals surface area contributed by atoms with Gasteiger partial charge in [0.15, 0.2) is 11.5 Å². The first-order valence-corrected chi connectivity index (χ1v) is 7.31. The SMILES string of the molecule is COc1ccnc(CN2CC[C@](C)(O)C(C)(C)C2)c1OC. The number of hydrogen-bond acceptors (Lipinski definition) is 5. The Kier molecular flexibility index (Phi) is 4.44. The first-order valence-electron chi connectivity index (χ1n) is 7.31. The number of hydrogen-bond donors (Lipinski definition) is 1. The molecule has 5 nitrogen and oxygen atoms in total. The van der Waals surface area contributed by atoms with Gasteiger partial charge in [0.2, 0.25) is 0 Å². The molecule has 1 aromatic rings. The molecule has 21 heavy (non-hydrogen) atoms. The third-order valence-corrected chi connectivity index (χ3v) is 4.73. The third-order valence-electron chi connectivity index (χ3n) is 4.73. The van der Waals surface area contributed by atoms with Crippen LogP contribution in [0.3, 0.4) is 0 Å². The van der Waals surface area contributed by atoms with Crippen molar-refractivity contribution in [3.63, 3.8) is 0 Å². The maximum Gasteiger partial charge on any atom is 0.183 e. The van der Waals surface area contributed by atoms with Crippen LogP contribution in [0.5, 0.6) is 11.5 Å². The van der Waals surface area contributed by atoms with Gasteiger partial charge in [0, 0.05) is 37.3 Å². The molecule has 1 saturated heterocycles. The van der Waals surface area contributed by atoms with Gasteiger partial charge in [0.05, 0.1) is 19.8 Å². The average Bonchev–Trinajstić information content (AvgIpc) is 2.42. The predicted molar refractivity (Wildman–Crippen MR) is 81.6 cm³/mol. The number of piperidine rings is 1. The molecule has 0 bridgehead atoms. The average molecular weight is 294 g/mol. The highest BCUT2D eigenvalue weighted by molar-refractivity contribution is 5.42. The minimum Gasteiger partial charge on any atom is -0.493 e. The fourth-order valence-electron chi connectivity index (χ4n) is 2.83. The summed E-state index contributed by atoms with van der Waals surface area (Å²) in [4.78, 5) is 6.73. The van der Waals surface area contributed by atoms with Crippen LogP contribution in [0.4, 0.5) is 0 Å². The second kappa shape index (κ2) is 5.81. The van der Waals surface area contributed by atoms with Crippen LogP contribution in [-0.2, 0) is 6.54 Å². The number of likely N-dealkylation sites (tertiary alicyclic amines) is 1.